The molecule has 0 aromatic heterocycles. The van der Waals surface area contributed by atoms with E-state index in [1.807, 2.05) is 60.7 Å². The van der Waals surface area contributed by atoms with Crippen LogP contribution in [0.4, 0.5) is 5.69 Å². The SMILES string of the molecule is C=CCC(Nc1ccccc1)C(=O)c1ccccc1. The number of Topliss-reactive ketones (excluding diaryl/α,β-unsaturated/α-hetero) is 1. The zero-order valence-electron chi connectivity index (χ0n) is 10.8. The van der Waals surface area contributed by atoms with Gasteiger partial charge in [0, 0.05) is 11.3 Å². The molecule has 0 bridgehead atoms. The van der Waals surface area contributed by atoms with Gasteiger partial charge < -0.3 is 5.32 Å². The van der Waals surface area contributed by atoms with Crippen LogP contribution in [0.2, 0.25) is 0 Å². The first kappa shape index (κ1) is 13.1. The van der Waals surface area contributed by atoms with Gasteiger partial charge in [-0.2, -0.15) is 0 Å². The second-order valence-corrected chi connectivity index (χ2v) is 4.32. The second kappa shape index (κ2) is 6.55. The van der Waals surface area contributed by atoms with Crippen LogP contribution in [-0.4, -0.2) is 11.8 Å². The van der Waals surface area contributed by atoms with E-state index >= 15 is 0 Å². The molecule has 0 fully saturated rings. The third-order valence-electron chi connectivity index (χ3n) is 2.89. The van der Waals surface area contributed by atoms with Gasteiger partial charge in [-0.05, 0) is 18.6 Å². The lowest BCUT2D eigenvalue weighted by atomic mass is 10.0. The van der Waals surface area contributed by atoms with Crippen molar-refractivity contribution in [2.45, 2.75) is 12.5 Å². The largest absolute Gasteiger partial charge is 0.375 e. The first-order chi connectivity index (χ1) is 9.31. The van der Waals surface area contributed by atoms with E-state index in [9.17, 15) is 4.79 Å². The van der Waals surface area contributed by atoms with Gasteiger partial charge in [0.25, 0.3) is 0 Å². The van der Waals surface area contributed by atoms with Crippen LogP contribution in [0.3, 0.4) is 0 Å². The van der Waals surface area contributed by atoms with Crippen molar-refractivity contribution in [2.24, 2.45) is 0 Å². The van der Waals surface area contributed by atoms with Gasteiger partial charge in [-0.3, -0.25) is 4.79 Å². The van der Waals surface area contributed by atoms with Crippen molar-refractivity contribution in [1.29, 1.82) is 0 Å². The molecule has 1 unspecified atom stereocenters. The average Bonchev–Trinajstić information content (AvgIpc) is 2.48. The van der Waals surface area contributed by atoms with Crippen molar-refractivity contribution in [3.05, 3.63) is 78.9 Å². The number of rotatable bonds is 6. The summed E-state index contributed by atoms with van der Waals surface area (Å²) >= 11 is 0. The standard InChI is InChI=1S/C17H17NO/c1-2-9-16(18-15-12-7-4-8-13-15)17(19)14-10-5-3-6-11-14/h2-8,10-13,16,18H,1,9H2. The highest BCUT2D eigenvalue weighted by molar-refractivity contribution is 6.01. The normalized spacial score (nSPS) is 11.6. The van der Waals surface area contributed by atoms with E-state index in [0.29, 0.717) is 6.42 Å². The molecule has 2 rings (SSSR count). The van der Waals surface area contributed by atoms with Crippen molar-refractivity contribution in [3.8, 4) is 0 Å². The highest BCUT2D eigenvalue weighted by Gasteiger charge is 2.18. The fourth-order valence-corrected chi connectivity index (χ4v) is 1.94. The molecule has 19 heavy (non-hydrogen) atoms. The predicted octanol–water partition coefficient (Wildman–Crippen LogP) is 3.93. The third-order valence-corrected chi connectivity index (χ3v) is 2.89. The molecule has 96 valence electrons. The van der Waals surface area contributed by atoms with E-state index in [4.69, 9.17) is 0 Å². The average molecular weight is 251 g/mol. The molecule has 0 spiro atoms. The van der Waals surface area contributed by atoms with Gasteiger partial charge in [-0.25, -0.2) is 0 Å². The Morgan fingerprint density at radius 2 is 1.63 bits per heavy atom. The number of para-hydroxylation sites is 1. The first-order valence-corrected chi connectivity index (χ1v) is 6.33. The van der Waals surface area contributed by atoms with Gasteiger partial charge in [0.1, 0.15) is 0 Å². The summed E-state index contributed by atoms with van der Waals surface area (Å²) in [5.74, 6) is 0.0874. The molecule has 2 aromatic rings. The molecule has 0 heterocycles. The predicted molar refractivity (Wildman–Crippen MR) is 79.4 cm³/mol. The summed E-state index contributed by atoms with van der Waals surface area (Å²) in [4.78, 5) is 12.4. The van der Waals surface area contributed by atoms with Crippen LogP contribution in [0.5, 0.6) is 0 Å². The van der Waals surface area contributed by atoms with Crippen LogP contribution in [0, 0.1) is 0 Å². The van der Waals surface area contributed by atoms with Gasteiger partial charge in [0.2, 0.25) is 0 Å². The Hall–Kier alpha value is -2.35. The Balaban J connectivity index is 2.16. The van der Waals surface area contributed by atoms with Gasteiger partial charge in [-0.15, -0.1) is 6.58 Å². The van der Waals surface area contributed by atoms with Gasteiger partial charge in [0.15, 0.2) is 5.78 Å². The molecule has 0 amide bonds. The maximum absolute atomic E-state index is 12.4. The van der Waals surface area contributed by atoms with Crippen LogP contribution in [0.25, 0.3) is 0 Å². The third kappa shape index (κ3) is 3.55. The summed E-state index contributed by atoms with van der Waals surface area (Å²) in [6.07, 6.45) is 2.37. The van der Waals surface area contributed by atoms with Crippen LogP contribution in [-0.2, 0) is 0 Å². The number of hydrogen-bond donors (Lipinski definition) is 1. The molecule has 0 aliphatic rings. The zero-order valence-corrected chi connectivity index (χ0v) is 10.8. The van der Waals surface area contributed by atoms with Gasteiger partial charge >= 0.3 is 0 Å². The molecule has 0 aliphatic heterocycles. The van der Waals surface area contributed by atoms with E-state index in [2.05, 4.69) is 11.9 Å². The number of benzene rings is 2. The minimum Gasteiger partial charge on any atom is -0.375 e. The number of carbonyl (C=O) groups excluding carboxylic acids is 1. The minimum absolute atomic E-state index is 0.0874. The molecule has 0 saturated carbocycles. The molecular weight excluding hydrogens is 234 g/mol. The molecule has 1 atom stereocenters. The monoisotopic (exact) mass is 251 g/mol. The quantitative estimate of drug-likeness (QED) is 0.622. The Morgan fingerprint density at radius 1 is 1.05 bits per heavy atom. The number of ketones is 1. The lowest BCUT2D eigenvalue weighted by Gasteiger charge is -2.17. The fraction of sp³-hybridized carbons (Fsp3) is 0.118. The number of nitrogens with one attached hydrogen (secondary N) is 1. The Morgan fingerprint density at radius 3 is 2.21 bits per heavy atom. The minimum atomic E-state index is -0.276. The maximum Gasteiger partial charge on any atom is 0.185 e. The molecule has 2 aromatic carbocycles. The summed E-state index contributed by atoms with van der Waals surface area (Å²) in [7, 11) is 0. The van der Waals surface area contributed by atoms with E-state index in [0.717, 1.165) is 11.3 Å². The topological polar surface area (TPSA) is 29.1 Å². The summed E-state index contributed by atoms with van der Waals surface area (Å²) in [5, 5.41) is 3.26. The highest BCUT2D eigenvalue weighted by Crippen LogP contribution is 2.13. The van der Waals surface area contributed by atoms with Crippen molar-refractivity contribution < 1.29 is 4.79 Å². The number of anilines is 1. The molecule has 2 heteroatoms. The zero-order chi connectivity index (χ0) is 13.5. The number of carbonyl (C=O) groups is 1. The molecule has 1 N–H and O–H groups in total. The van der Waals surface area contributed by atoms with E-state index in [1.54, 1.807) is 6.08 Å². The first-order valence-electron chi connectivity index (χ1n) is 6.33. The van der Waals surface area contributed by atoms with E-state index in [-0.39, 0.29) is 11.8 Å². The van der Waals surface area contributed by atoms with E-state index in [1.165, 1.54) is 0 Å². The smallest absolute Gasteiger partial charge is 0.185 e. The fourth-order valence-electron chi connectivity index (χ4n) is 1.94. The number of hydrogen-bond acceptors (Lipinski definition) is 2. The van der Waals surface area contributed by atoms with Crippen molar-refractivity contribution in [2.75, 3.05) is 5.32 Å². The van der Waals surface area contributed by atoms with Crippen LogP contribution < -0.4 is 5.32 Å². The van der Waals surface area contributed by atoms with Crippen molar-refractivity contribution >= 4 is 11.5 Å². The van der Waals surface area contributed by atoms with Gasteiger partial charge in [-0.1, -0.05) is 54.6 Å². The molecule has 2 nitrogen and oxygen atoms in total. The van der Waals surface area contributed by atoms with E-state index < -0.39 is 0 Å². The van der Waals surface area contributed by atoms with Crippen LogP contribution >= 0.6 is 0 Å². The lowest BCUT2D eigenvalue weighted by molar-refractivity contribution is 0.0970. The van der Waals surface area contributed by atoms with Crippen LogP contribution in [0.1, 0.15) is 16.8 Å². The summed E-state index contributed by atoms with van der Waals surface area (Å²) in [5.41, 5.74) is 1.66. The highest BCUT2D eigenvalue weighted by atomic mass is 16.1. The van der Waals surface area contributed by atoms with Gasteiger partial charge in [0.05, 0.1) is 6.04 Å². The van der Waals surface area contributed by atoms with Crippen molar-refractivity contribution in [1.82, 2.24) is 0 Å². The Kier molecular flexibility index (Phi) is 4.51. The summed E-state index contributed by atoms with van der Waals surface area (Å²) in [6, 6.07) is 18.8. The molecular formula is C17H17NO. The maximum atomic E-state index is 12.4. The van der Waals surface area contributed by atoms with Crippen molar-refractivity contribution in [3.63, 3.8) is 0 Å². The lowest BCUT2D eigenvalue weighted by Crippen LogP contribution is -2.29. The molecule has 0 aliphatic carbocycles. The summed E-state index contributed by atoms with van der Waals surface area (Å²) in [6.45, 7) is 3.73. The molecule has 0 radical (unpaired) electrons. The van der Waals surface area contributed by atoms with Crippen LogP contribution in [0.15, 0.2) is 73.3 Å². The summed E-state index contributed by atoms with van der Waals surface area (Å²) < 4.78 is 0. The second-order valence-electron chi connectivity index (χ2n) is 4.32. The molecule has 0 saturated heterocycles. The Labute approximate surface area is 113 Å². The Bertz CT molecular complexity index is 534.